The molecule has 2 nitrogen and oxygen atoms in total. The van der Waals surface area contributed by atoms with Gasteiger partial charge in [0, 0.05) is 6.08 Å². The topological polar surface area (TPSA) is 12.2 Å². The Morgan fingerprint density at radius 1 is 1.82 bits per heavy atom. The monoisotopic (exact) mass is 152 g/mol. The van der Waals surface area contributed by atoms with Crippen molar-refractivity contribution >= 4 is 6.21 Å². The number of methoxy groups -OCH3 is 1. The van der Waals surface area contributed by atoms with E-state index in [-0.39, 0.29) is 0 Å². The SMILES string of the molecule is C=CC[N+]1=CC=C(OC)CC1. The Kier molecular flexibility index (Phi) is 2.90. The van der Waals surface area contributed by atoms with Crippen molar-refractivity contribution in [3.8, 4) is 0 Å². The zero-order chi connectivity index (χ0) is 8.10. The predicted octanol–water partition coefficient (Wildman–Crippen LogP) is 1.19. The minimum atomic E-state index is 0.924. The van der Waals surface area contributed by atoms with Crippen LogP contribution < -0.4 is 0 Å². The van der Waals surface area contributed by atoms with Crippen molar-refractivity contribution in [1.29, 1.82) is 0 Å². The minimum Gasteiger partial charge on any atom is -0.501 e. The summed E-state index contributed by atoms with van der Waals surface area (Å²) in [6, 6.07) is 0. The van der Waals surface area contributed by atoms with Crippen molar-refractivity contribution in [3.05, 3.63) is 24.5 Å². The van der Waals surface area contributed by atoms with Crippen molar-refractivity contribution in [3.63, 3.8) is 0 Å². The molecule has 1 aliphatic rings. The fraction of sp³-hybridized carbons (Fsp3) is 0.444. The fourth-order valence-electron chi connectivity index (χ4n) is 1.09. The number of ether oxygens (including phenoxy) is 1. The van der Waals surface area contributed by atoms with E-state index in [0.29, 0.717) is 0 Å². The van der Waals surface area contributed by atoms with Gasteiger partial charge in [-0.1, -0.05) is 6.58 Å². The van der Waals surface area contributed by atoms with Crippen LogP contribution in [0.25, 0.3) is 0 Å². The standard InChI is InChI=1S/C9H14NO/c1-3-6-10-7-4-9(11-2)5-8-10/h3-4,7H,1,5-6,8H2,2H3/q+1. The highest BCUT2D eigenvalue weighted by molar-refractivity contribution is 5.67. The molecule has 0 spiro atoms. The lowest BCUT2D eigenvalue weighted by molar-refractivity contribution is -0.513. The van der Waals surface area contributed by atoms with Crippen LogP contribution >= 0.6 is 0 Å². The average molecular weight is 152 g/mol. The summed E-state index contributed by atoms with van der Waals surface area (Å²) >= 11 is 0. The van der Waals surface area contributed by atoms with E-state index in [1.54, 1.807) is 7.11 Å². The highest BCUT2D eigenvalue weighted by Crippen LogP contribution is 2.04. The Labute approximate surface area is 67.5 Å². The summed E-state index contributed by atoms with van der Waals surface area (Å²) in [7, 11) is 1.71. The van der Waals surface area contributed by atoms with Crippen molar-refractivity contribution in [2.45, 2.75) is 6.42 Å². The van der Waals surface area contributed by atoms with E-state index in [1.165, 1.54) is 0 Å². The van der Waals surface area contributed by atoms with Crippen LogP contribution in [0.15, 0.2) is 24.5 Å². The van der Waals surface area contributed by atoms with Crippen LogP contribution in [0.3, 0.4) is 0 Å². The van der Waals surface area contributed by atoms with E-state index in [4.69, 9.17) is 4.74 Å². The van der Waals surface area contributed by atoms with E-state index in [1.807, 2.05) is 18.4 Å². The lowest BCUT2D eigenvalue weighted by Crippen LogP contribution is -2.18. The minimum absolute atomic E-state index is 0.924. The van der Waals surface area contributed by atoms with Crippen LogP contribution in [0.2, 0.25) is 0 Å². The molecule has 0 fully saturated rings. The Balaban J connectivity index is 2.53. The summed E-state index contributed by atoms with van der Waals surface area (Å²) in [6.07, 6.45) is 6.96. The second-order valence-electron chi connectivity index (χ2n) is 2.52. The molecule has 0 aliphatic carbocycles. The largest absolute Gasteiger partial charge is 0.501 e. The molecule has 0 saturated heterocycles. The molecule has 60 valence electrons. The maximum Gasteiger partial charge on any atom is 0.167 e. The van der Waals surface area contributed by atoms with Crippen LogP contribution in [0.5, 0.6) is 0 Å². The number of hydrogen-bond acceptors (Lipinski definition) is 1. The Hall–Kier alpha value is -1.05. The molecule has 0 aromatic heterocycles. The van der Waals surface area contributed by atoms with E-state index in [2.05, 4.69) is 11.2 Å². The highest BCUT2D eigenvalue weighted by Gasteiger charge is 2.09. The molecule has 0 aromatic carbocycles. The third kappa shape index (κ3) is 2.22. The summed E-state index contributed by atoms with van der Waals surface area (Å²) in [5, 5.41) is 0. The first-order chi connectivity index (χ1) is 5.36. The second kappa shape index (κ2) is 3.96. The molecular formula is C9H14NO+. The van der Waals surface area contributed by atoms with E-state index < -0.39 is 0 Å². The lowest BCUT2D eigenvalue weighted by Gasteiger charge is -2.08. The van der Waals surface area contributed by atoms with Gasteiger partial charge < -0.3 is 4.74 Å². The molecule has 0 saturated carbocycles. The molecule has 1 rings (SSSR count). The normalized spacial score (nSPS) is 16.8. The smallest absolute Gasteiger partial charge is 0.167 e. The first-order valence-electron chi connectivity index (χ1n) is 3.80. The molecule has 0 amide bonds. The summed E-state index contributed by atoms with van der Waals surface area (Å²) in [5.41, 5.74) is 0. The molecular weight excluding hydrogens is 138 g/mol. The molecule has 0 bridgehead atoms. The molecule has 1 aliphatic heterocycles. The van der Waals surface area contributed by atoms with Crippen LogP contribution in [0, 0.1) is 0 Å². The third-order valence-electron chi connectivity index (χ3n) is 1.74. The van der Waals surface area contributed by atoms with Crippen molar-refractivity contribution < 1.29 is 9.31 Å². The van der Waals surface area contributed by atoms with Gasteiger partial charge in [0.05, 0.1) is 13.5 Å². The number of allylic oxidation sites excluding steroid dienone is 1. The summed E-state index contributed by atoms with van der Waals surface area (Å²) < 4.78 is 7.30. The predicted molar refractivity (Wildman–Crippen MR) is 46.0 cm³/mol. The van der Waals surface area contributed by atoms with Gasteiger partial charge >= 0.3 is 0 Å². The van der Waals surface area contributed by atoms with Gasteiger partial charge in [0.1, 0.15) is 12.3 Å². The molecule has 1 heterocycles. The van der Waals surface area contributed by atoms with E-state index in [9.17, 15) is 0 Å². The van der Waals surface area contributed by atoms with Crippen LogP contribution in [-0.4, -0.2) is 31.0 Å². The zero-order valence-electron chi connectivity index (χ0n) is 6.92. The molecule has 0 aromatic rings. The molecule has 0 unspecified atom stereocenters. The Morgan fingerprint density at radius 2 is 2.64 bits per heavy atom. The summed E-state index contributed by atoms with van der Waals surface area (Å²) in [5.74, 6) is 1.06. The average Bonchev–Trinajstić information content (AvgIpc) is 2.07. The number of nitrogens with zero attached hydrogens (tertiary/aromatic N) is 1. The zero-order valence-corrected chi connectivity index (χ0v) is 6.92. The molecule has 0 radical (unpaired) electrons. The lowest BCUT2D eigenvalue weighted by atomic mass is 10.2. The molecule has 11 heavy (non-hydrogen) atoms. The number of hydrogen-bond donors (Lipinski definition) is 0. The van der Waals surface area contributed by atoms with Crippen LogP contribution in [0.1, 0.15) is 6.42 Å². The molecule has 0 atom stereocenters. The van der Waals surface area contributed by atoms with Crippen LogP contribution in [-0.2, 0) is 4.74 Å². The van der Waals surface area contributed by atoms with Gasteiger partial charge in [-0.05, 0) is 6.08 Å². The van der Waals surface area contributed by atoms with Crippen LogP contribution in [0.4, 0.5) is 0 Å². The van der Waals surface area contributed by atoms with Gasteiger partial charge in [-0.15, -0.1) is 0 Å². The quantitative estimate of drug-likeness (QED) is 0.437. The van der Waals surface area contributed by atoms with Gasteiger partial charge in [0.25, 0.3) is 0 Å². The van der Waals surface area contributed by atoms with E-state index in [0.717, 1.165) is 25.3 Å². The second-order valence-corrected chi connectivity index (χ2v) is 2.52. The summed E-state index contributed by atoms with van der Waals surface area (Å²) in [6.45, 7) is 5.64. The van der Waals surface area contributed by atoms with E-state index >= 15 is 0 Å². The molecule has 0 N–H and O–H groups in total. The van der Waals surface area contributed by atoms with Crippen molar-refractivity contribution in [2.75, 3.05) is 20.2 Å². The Bertz CT molecular complexity index is 204. The maximum atomic E-state index is 5.09. The molecule has 2 heteroatoms. The van der Waals surface area contributed by atoms with Gasteiger partial charge in [-0.3, -0.25) is 0 Å². The van der Waals surface area contributed by atoms with Crippen molar-refractivity contribution in [2.24, 2.45) is 0 Å². The fourth-order valence-corrected chi connectivity index (χ4v) is 1.09. The first-order valence-corrected chi connectivity index (χ1v) is 3.80. The Morgan fingerprint density at radius 3 is 3.09 bits per heavy atom. The van der Waals surface area contributed by atoms with Gasteiger partial charge in [-0.2, -0.15) is 0 Å². The van der Waals surface area contributed by atoms with Gasteiger partial charge in [0.2, 0.25) is 0 Å². The first kappa shape index (κ1) is 8.05. The van der Waals surface area contributed by atoms with Gasteiger partial charge in [0.15, 0.2) is 12.8 Å². The highest BCUT2D eigenvalue weighted by atomic mass is 16.5. The summed E-state index contributed by atoms with van der Waals surface area (Å²) in [4.78, 5) is 0. The third-order valence-corrected chi connectivity index (χ3v) is 1.74. The number of rotatable bonds is 3. The maximum absolute atomic E-state index is 5.09. The van der Waals surface area contributed by atoms with Crippen molar-refractivity contribution in [1.82, 2.24) is 0 Å². The van der Waals surface area contributed by atoms with Gasteiger partial charge in [-0.25, -0.2) is 4.58 Å².